The highest BCUT2D eigenvalue weighted by Crippen LogP contribution is 2.45. The molecule has 1 heterocycles. The van der Waals surface area contributed by atoms with Crippen LogP contribution in [0.15, 0.2) is 17.0 Å². The molecule has 0 spiro atoms. The normalized spacial score (nSPS) is 23.1. The van der Waals surface area contributed by atoms with Gasteiger partial charge in [-0.15, -0.1) is 0 Å². The molecule has 1 saturated carbocycles. The summed E-state index contributed by atoms with van der Waals surface area (Å²) in [6, 6.07) is 2.87. The monoisotopic (exact) mass is 338 g/mol. The summed E-state index contributed by atoms with van der Waals surface area (Å²) in [6.07, 6.45) is 3.08. The maximum Gasteiger partial charge on any atom is 0.254 e. The van der Waals surface area contributed by atoms with Crippen molar-refractivity contribution in [2.75, 3.05) is 6.54 Å². The van der Waals surface area contributed by atoms with E-state index in [0.717, 1.165) is 25.7 Å². The average molecular weight is 338 g/mol. The van der Waals surface area contributed by atoms with Gasteiger partial charge in [-0.1, -0.05) is 0 Å². The molecule has 1 aromatic carbocycles. The first-order chi connectivity index (χ1) is 10.6. The highest BCUT2D eigenvalue weighted by Gasteiger charge is 2.52. The largest absolute Gasteiger partial charge is 0.388 e. The van der Waals surface area contributed by atoms with Gasteiger partial charge >= 0.3 is 0 Å². The molecule has 23 heavy (non-hydrogen) atoms. The average Bonchev–Trinajstić information content (AvgIpc) is 3.02. The van der Waals surface area contributed by atoms with Crippen LogP contribution in [0.5, 0.6) is 0 Å². The number of rotatable bonds is 3. The molecular formula is C16H22N2O4S. The number of nitrogens with two attached hydrogens (primary N) is 1. The van der Waals surface area contributed by atoms with Crippen LogP contribution in [-0.4, -0.2) is 42.5 Å². The first-order valence-corrected chi connectivity index (χ1v) is 9.35. The number of hydrogen-bond acceptors (Lipinski definition) is 4. The summed E-state index contributed by atoms with van der Waals surface area (Å²) in [4.78, 5) is 14.5. The fourth-order valence-electron chi connectivity index (χ4n) is 3.44. The van der Waals surface area contributed by atoms with Gasteiger partial charge in [0.15, 0.2) is 0 Å². The zero-order valence-electron chi connectivity index (χ0n) is 13.4. The highest BCUT2D eigenvalue weighted by molar-refractivity contribution is 7.89. The van der Waals surface area contributed by atoms with Crippen LogP contribution in [0.2, 0.25) is 0 Å². The molecule has 0 radical (unpaired) electrons. The van der Waals surface area contributed by atoms with Crippen LogP contribution < -0.4 is 5.14 Å². The van der Waals surface area contributed by atoms with E-state index in [9.17, 15) is 18.3 Å². The smallest absolute Gasteiger partial charge is 0.254 e. The summed E-state index contributed by atoms with van der Waals surface area (Å²) in [6.45, 7) is 4.02. The molecular weight excluding hydrogens is 316 g/mol. The quantitative estimate of drug-likeness (QED) is 0.861. The second-order valence-electron chi connectivity index (χ2n) is 6.72. The number of aryl methyl sites for hydroxylation is 1. The Hall–Kier alpha value is -1.44. The second kappa shape index (κ2) is 5.29. The molecule has 1 unspecified atom stereocenters. The number of carbonyl (C=O) groups is 1. The Morgan fingerprint density at radius 2 is 2.00 bits per heavy atom. The van der Waals surface area contributed by atoms with Crippen molar-refractivity contribution < 1.29 is 18.3 Å². The number of benzene rings is 1. The minimum Gasteiger partial charge on any atom is -0.388 e. The molecule has 3 rings (SSSR count). The number of nitrogens with zero attached hydrogens (tertiary/aromatic N) is 1. The highest BCUT2D eigenvalue weighted by atomic mass is 32.2. The lowest BCUT2D eigenvalue weighted by molar-refractivity contribution is 0.0386. The molecule has 3 N–H and O–H groups in total. The first-order valence-electron chi connectivity index (χ1n) is 7.81. The van der Waals surface area contributed by atoms with Crippen LogP contribution in [0, 0.1) is 13.8 Å². The third-order valence-corrected chi connectivity index (χ3v) is 6.11. The Labute approximate surface area is 136 Å². The third kappa shape index (κ3) is 2.88. The Kier molecular flexibility index (Phi) is 3.78. The van der Waals surface area contributed by atoms with Crippen LogP contribution in [0.4, 0.5) is 0 Å². The number of primary sulfonamides is 1. The van der Waals surface area contributed by atoms with E-state index < -0.39 is 15.6 Å². The molecule has 1 atom stereocenters. The number of amides is 1. The molecule has 0 bridgehead atoms. The van der Waals surface area contributed by atoms with Crippen LogP contribution in [-0.2, 0) is 10.0 Å². The van der Waals surface area contributed by atoms with Crippen molar-refractivity contribution in [2.45, 2.75) is 56.1 Å². The van der Waals surface area contributed by atoms with Gasteiger partial charge in [-0.05, 0) is 62.8 Å². The number of sulfonamides is 1. The summed E-state index contributed by atoms with van der Waals surface area (Å²) in [5.41, 5.74) is 0.825. The van der Waals surface area contributed by atoms with Crippen molar-refractivity contribution in [1.82, 2.24) is 4.90 Å². The lowest BCUT2D eigenvalue weighted by Gasteiger charge is -2.29. The van der Waals surface area contributed by atoms with Gasteiger partial charge < -0.3 is 10.0 Å². The molecule has 1 aliphatic carbocycles. The first kappa shape index (κ1) is 16.4. The van der Waals surface area contributed by atoms with E-state index in [-0.39, 0.29) is 16.8 Å². The van der Waals surface area contributed by atoms with Crippen LogP contribution in [0.1, 0.15) is 47.2 Å². The Morgan fingerprint density at radius 1 is 1.35 bits per heavy atom. The molecule has 6 nitrogen and oxygen atoms in total. The van der Waals surface area contributed by atoms with E-state index >= 15 is 0 Å². The van der Waals surface area contributed by atoms with Gasteiger partial charge in [0.05, 0.1) is 16.5 Å². The third-order valence-electron chi connectivity index (χ3n) is 5.07. The van der Waals surface area contributed by atoms with Gasteiger partial charge in [-0.2, -0.15) is 0 Å². The molecule has 126 valence electrons. The van der Waals surface area contributed by atoms with E-state index in [2.05, 4.69) is 0 Å². The molecule has 1 amide bonds. The molecule has 0 aromatic heterocycles. The lowest BCUT2D eigenvalue weighted by atomic mass is 10.0. The summed E-state index contributed by atoms with van der Waals surface area (Å²) in [5, 5.41) is 15.6. The summed E-state index contributed by atoms with van der Waals surface area (Å²) >= 11 is 0. The van der Waals surface area contributed by atoms with Gasteiger partial charge in [-0.3, -0.25) is 4.79 Å². The van der Waals surface area contributed by atoms with Crippen molar-refractivity contribution in [3.8, 4) is 0 Å². The van der Waals surface area contributed by atoms with E-state index in [0.29, 0.717) is 23.2 Å². The zero-order valence-corrected chi connectivity index (χ0v) is 14.2. The van der Waals surface area contributed by atoms with E-state index in [1.165, 1.54) is 6.07 Å². The van der Waals surface area contributed by atoms with Crippen molar-refractivity contribution in [2.24, 2.45) is 5.14 Å². The Morgan fingerprint density at radius 3 is 2.57 bits per heavy atom. The minimum atomic E-state index is -3.89. The van der Waals surface area contributed by atoms with E-state index in [1.54, 1.807) is 24.8 Å². The minimum absolute atomic E-state index is 0.0123. The Bertz CT molecular complexity index is 769. The van der Waals surface area contributed by atoms with Crippen LogP contribution >= 0.6 is 0 Å². The molecule has 1 aromatic rings. The molecule has 1 saturated heterocycles. The topological polar surface area (TPSA) is 101 Å². The van der Waals surface area contributed by atoms with Crippen LogP contribution in [0.25, 0.3) is 0 Å². The molecule has 7 heteroatoms. The second-order valence-corrected chi connectivity index (χ2v) is 8.25. The fourth-order valence-corrected chi connectivity index (χ4v) is 4.32. The predicted molar refractivity (Wildman–Crippen MR) is 85.5 cm³/mol. The van der Waals surface area contributed by atoms with Gasteiger partial charge in [0, 0.05) is 12.1 Å². The summed E-state index contributed by atoms with van der Waals surface area (Å²) in [7, 11) is -3.89. The van der Waals surface area contributed by atoms with Crippen LogP contribution in [0.3, 0.4) is 0 Å². The lowest BCUT2D eigenvalue weighted by Crippen LogP contribution is -2.44. The molecule has 2 aliphatic rings. The number of hydrogen-bond donors (Lipinski definition) is 2. The summed E-state index contributed by atoms with van der Waals surface area (Å²) in [5.74, 6) is -0.235. The van der Waals surface area contributed by atoms with Crippen molar-refractivity contribution in [3.63, 3.8) is 0 Å². The molecule has 1 aliphatic heterocycles. The number of likely N-dealkylation sites (tertiary alicyclic amines) is 1. The number of aliphatic hydroxyl groups is 1. The van der Waals surface area contributed by atoms with E-state index in [1.807, 2.05) is 0 Å². The van der Waals surface area contributed by atoms with E-state index in [4.69, 9.17) is 5.14 Å². The number of carbonyl (C=O) groups excluding carboxylic acids is 1. The SMILES string of the molecule is Cc1cc(C(=O)N2CCCC2C2(O)CC2)cc(S(N)(=O)=O)c1C. The zero-order chi connectivity index (χ0) is 17.0. The van der Waals surface area contributed by atoms with Crippen molar-refractivity contribution in [1.29, 1.82) is 0 Å². The van der Waals surface area contributed by atoms with Gasteiger partial charge in [-0.25, -0.2) is 13.6 Å². The summed E-state index contributed by atoms with van der Waals surface area (Å²) < 4.78 is 23.5. The van der Waals surface area contributed by atoms with Crippen molar-refractivity contribution in [3.05, 3.63) is 28.8 Å². The fraction of sp³-hybridized carbons (Fsp3) is 0.562. The Balaban J connectivity index is 1.98. The molecule has 2 fully saturated rings. The van der Waals surface area contributed by atoms with Gasteiger partial charge in [0.2, 0.25) is 10.0 Å². The standard InChI is InChI=1S/C16H22N2O4S/c1-10-8-12(9-13(11(10)2)23(17,21)22)15(19)18-7-3-4-14(18)16(20)5-6-16/h8-9,14,20H,3-7H2,1-2H3,(H2,17,21,22). The van der Waals surface area contributed by atoms with Gasteiger partial charge in [0.25, 0.3) is 5.91 Å². The maximum absolute atomic E-state index is 12.9. The predicted octanol–water partition coefficient (Wildman–Crippen LogP) is 1.08. The van der Waals surface area contributed by atoms with Gasteiger partial charge in [0.1, 0.15) is 0 Å². The maximum atomic E-state index is 12.9. The van der Waals surface area contributed by atoms with Crippen molar-refractivity contribution >= 4 is 15.9 Å².